The molecular weight excluding hydrogens is 534 g/mol. The number of hydrogen-bond acceptors (Lipinski definition) is 6. The largest absolute Gasteiger partial charge is 0.494 e. The molecule has 4 aromatic rings. The summed E-state index contributed by atoms with van der Waals surface area (Å²) in [6.45, 7) is 8.54. The number of likely N-dealkylation sites (tertiary alicyclic amines) is 1. The lowest BCUT2D eigenvalue weighted by atomic mass is 9.98. The summed E-state index contributed by atoms with van der Waals surface area (Å²) in [6, 6.07) is 13.2. The molecule has 10 heteroatoms. The van der Waals surface area contributed by atoms with Crippen LogP contribution in [0.25, 0.3) is 33.5 Å². The van der Waals surface area contributed by atoms with Crippen LogP contribution in [0, 0.1) is 0 Å². The lowest BCUT2D eigenvalue weighted by Crippen LogP contribution is -2.44. The first kappa shape index (κ1) is 27.4. The van der Waals surface area contributed by atoms with Gasteiger partial charge in [0, 0.05) is 44.6 Å². The molecule has 1 aliphatic carbocycles. The second-order valence-electron chi connectivity index (χ2n) is 12.2. The van der Waals surface area contributed by atoms with E-state index >= 15 is 0 Å². The second-order valence-corrected chi connectivity index (χ2v) is 17.8. The van der Waals surface area contributed by atoms with Crippen LogP contribution in [0.15, 0.2) is 42.6 Å². The molecule has 3 aromatic heterocycles. The van der Waals surface area contributed by atoms with E-state index in [2.05, 4.69) is 42.8 Å². The van der Waals surface area contributed by atoms with Gasteiger partial charge < -0.3 is 14.6 Å². The lowest BCUT2D eigenvalue weighted by Gasteiger charge is -2.38. The first-order chi connectivity index (χ1) is 19.7. The maximum atomic E-state index is 11.5. The first-order valence-corrected chi connectivity index (χ1v) is 18.0. The minimum absolute atomic E-state index is 0.204. The van der Waals surface area contributed by atoms with Crippen LogP contribution >= 0.6 is 0 Å². The minimum atomic E-state index is -1.23. The highest BCUT2D eigenvalue weighted by Crippen LogP contribution is 2.40. The van der Waals surface area contributed by atoms with Gasteiger partial charge in [0.2, 0.25) is 0 Å². The summed E-state index contributed by atoms with van der Waals surface area (Å²) in [4.78, 5) is 22.8. The molecule has 1 N–H and O–H groups in total. The third-order valence-corrected chi connectivity index (χ3v) is 9.89. The summed E-state index contributed by atoms with van der Waals surface area (Å²) < 4.78 is 13.8. The summed E-state index contributed by atoms with van der Waals surface area (Å²) in [6.07, 6.45) is 4.90. The number of amides is 1. The number of carbonyl (C=O) groups is 1. The highest BCUT2D eigenvalue weighted by Gasteiger charge is 2.34. The Hall–Kier alpha value is -3.76. The average molecular weight is 572 g/mol. The molecule has 2 aliphatic rings. The zero-order chi connectivity index (χ0) is 28.7. The first-order valence-electron chi connectivity index (χ1n) is 14.3. The van der Waals surface area contributed by atoms with Crippen molar-refractivity contribution in [2.75, 3.05) is 20.3 Å². The molecule has 9 nitrogen and oxygen atoms in total. The zero-order valence-corrected chi connectivity index (χ0v) is 25.2. The van der Waals surface area contributed by atoms with Crippen molar-refractivity contribution >= 4 is 25.2 Å². The van der Waals surface area contributed by atoms with Crippen LogP contribution in [-0.4, -0.2) is 64.2 Å². The van der Waals surface area contributed by atoms with Crippen molar-refractivity contribution in [2.45, 2.75) is 64.1 Å². The Labute approximate surface area is 241 Å². The fourth-order valence-corrected chi connectivity index (χ4v) is 6.51. The van der Waals surface area contributed by atoms with Gasteiger partial charge in [0.15, 0.2) is 0 Å². The molecule has 214 valence electrons. The molecule has 41 heavy (non-hydrogen) atoms. The number of benzene rings is 1. The van der Waals surface area contributed by atoms with Gasteiger partial charge in [-0.1, -0.05) is 37.8 Å². The molecule has 0 saturated carbocycles. The smallest absolute Gasteiger partial charge is 0.407 e. The monoisotopic (exact) mass is 571 g/mol. The number of rotatable bonds is 9. The summed E-state index contributed by atoms with van der Waals surface area (Å²) >= 11 is 0. The lowest BCUT2D eigenvalue weighted by molar-refractivity contribution is 0.0735. The highest BCUT2D eigenvalue weighted by molar-refractivity contribution is 6.76. The van der Waals surface area contributed by atoms with Crippen LogP contribution in [0.1, 0.15) is 35.7 Å². The summed E-state index contributed by atoms with van der Waals surface area (Å²) in [5, 5.41) is 14.4. The number of carboxylic acid groups (broad SMARTS) is 1. The number of nitrogens with zero attached hydrogens (tertiary/aromatic N) is 5. The van der Waals surface area contributed by atoms with Crippen LogP contribution in [0.2, 0.25) is 25.7 Å². The number of aryl methyl sites for hydroxylation is 1. The van der Waals surface area contributed by atoms with E-state index in [9.17, 15) is 9.90 Å². The van der Waals surface area contributed by atoms with Gasteiger partial charge in [0.25, 0.3) is 0 Å². The van der Waals surface area contributed by atoms with Gasteiger partial charge in [-0.15, -0.1) is 0 Å². The fraction of sp³-hybridized carbons (Fsp3) is 0.419. The van der Waals surface area contributed by atoms with Crippen molar-refractivity contribution in [1.29, 1.82) is 0 Å². The van der Waals surface area contributed by atoms with Gasteiger partial charge in [-0.05, 0) is 55.0 Å². The fourth-order valence-electron chi connectivity index (χ4n) is 5.76. The van der Waals surface area contributed by atoms with E-state index in [-0.39, 0.29) is 6.04 Å². The van der Waals surface area contributed by atoms with E-state index in [4.69, 9.17) is 19.6 Å². The molecular formula is C31H37N5O4Si. The third kappa shape index (κ3) is 5.33. The molecule has 1 amide bonds. The van der Waals surface area contributed by atoms with E-state index in [1.807, 2.05) is 22.9 Å². The average Bonchev–Trinajstić information content (AvgIpc) is 3.54. The van der Waals surface area contributed by atoms with Crippen LogP contribution < -0.4 is 4.74 Å². The Balaban J connectivity index is 1.42. The van der Waals surface area contributed by atoms with Gasteiger partial charge in [-0.2, -0.15) is 5.10 Å². The predicted molar refractivity (Wildman–Crippen MR) is 161 cm³/mol. The molecule has 1 saturated heterocycles. The zero-order valence-electron chi connectivity index (χ0n) is 24.2. The van der Waals surface area contributed by atoms with Crippen LogP contribution in [0.4, 0.5) is 4.79 Å². The molecule has 1 atom stereocenters. The van der Waals surface area contributed by atoms with Gasteiger partial charge in [-0.3, -0.25) is 9.88 Å². The van der Waals surface area contributed by atoms with Gasteiger partial charge in [0.05, 0.1) is 24.4 Å². The van der Waals surface area contributed by atoms with Crippen molar-refractivity contribution < 1.29 is 19.4 Å². The number of fused-ring (bicyclic) bond motifs is 2. The molecule has 0 spiro atoms. The number of aromatic nitrogens is 4. The molecule has 0 bridgehead atoms. The molecule has 4 heterocycles. The molecule has 6 rings (SSSR count). The topological polar surface area (TPSA) is 103 Å². The summed E-state index contributed by atoms with van der Waals surface area (Å²) in [5.74, 6) is 0.708. The number of ether oxygens (including phenoxy) is 2. The van der Waals surface area contributed by atoms with Gasteiger partial charge in [-0.25, -0.2) is 14.5 Å². The van der Waals surface area contributed by atoms with Crippen molar-refractivity contribution in [3.63, 3.8) is 0 Å². The number of hydrogen-bond donors (Lipinski definition) is 1. The minimum Gasteiger partial charge on any atom is -0.494 e. The Morgan fingerprint density at radius 2 is 2.00 bits per heavy atom. The maximum Gasteiger partial charge on any atom is 0.407 e. The highest BCUT2D eigenvalue weighted by atomic mass is 28.3. The van der Waals surface area contributed by atoms with E-state index in [0.29, 0.717) is 31.3 Å². The molecule has 1 aromatic carbocycles. The van der Waals surface area contributed by atoms with E-state index < -0.39 is 14.2 Å². The Bertz CT molecular complexity index is 1600. The van der Waals surface area contributed by atoms with Gasteiger partial charge in [0.1, 0.15) is 29.4 Å². The molecule has 0 radical (unpaired) electrons. The van der Waals surface area contributed by atoms with Crippen molar-refractivity contribution in [1.82, 2.24) is 24.6 Å². The molecule has 1 aliphatic heterocycles. The molecule has 1 fully saturated rings. The number of methoxy groups -OCH3 is 1. The van der Waals surface area contributed by atoms with E-state index in [1.54, 1.807) is 13.3 Å². The SMILES string of the molecule is COc1cc2c(nc1-c1cccc3c1CCC3)c(-c1ccc(C3CCN3C(=O)O)nc1)nn2COCC[Si](C)(C)C. The second kappa shape index (κ2) is 10.9. The Kier molecular flexibility index (Phi) is 7.29. The van der Waals surface area contributed by atoms with Gasteiger partial charge >= 0.3 is 6.09 Å². The third-order valence-electron chi connectivity index (χ3n) is 8.19. The maximum absolute atomic E-state index is 11.5. The molecule has 1 unspecified atom stereocenters. The predicted octanol–water partition coefficient (Wildman–Crippen LogP) is 6.39. The van der Waals surface area contributed by atoms with E-state index in [0.717, 1.165) is 65.3 Å². The standard InChI is InChI=1S/C31H37N5O4Si/c1-39-27-17-26-30(33-29(27)23-10-6-8-20-7-5-9-22(20)23)28(34-36(26)19-40-15-16-41(2,3)4)21-11-12-24(32-18-21)25-13-14-35(25)31(37)38/h6,8,10-12,17-18,25H,5,7,9,13-16,19H2,1-4H3,(H,37,38). The summed E-state index contributed by atoms with van der Waals surface area (Å²) in [7, 11) is 0.460. The normalized spacial score (nSPS) is 16.6. The van der Waals surface area contributed by atoms with Crippen molar-refractivity contribution in [2.24, 2.45) is 0 Å². The van der Waals surface area contributed by atoms with Crippen LogP contribution in [-0.2, 0) is 24.3 Å². The Morgan fingerprint density at radius 1 is 1.15 bits per heavy atom. The van der Waals surface area contributed by atoms with Crippen molar-refractivity contribution in [3.8, 4) is 28.3 Å². The summed E-state index contributed by atoms with van der Waals surface area (Å²) in [5.41, 5.74) is 8.52. The quantitative estimate of drug-likeness (QED) is 0.183. The van der Waals surface area contributed by atoms with Crippen LogP contribution in [0.3, 0.4) is 0 Å². The number of pyridine rings is 2. The Morgan fingerprint density at radius 3 is 2.68 bits per heavy atom. The van der Waals surface area contributed by atoms with E-state index in [1.165, 1.54) is 16.0 Å². The van der Waals surface area contributed by atoms with Crippen molar-refractivity contribution in [3.05, 3.63) is 59.4 Å². The van der Waals surface area contributed by atoms with Crippen LogP contribution in [0.5, 0.6) is 5.75 Å².